The largest absolute Gasteiger partial charge is 0.377 e. The lowest BCUT2D eigenvalue weighted by Crippen LogP contribution is -2.59. The van der Waals surface area contributed by atoms with E-state index in [2.05, 4.69) is 54.1 Å². The van der Waals surface area contributed by atoms with Gasteiger partial charge < -0.3 is 14.0 Å². The first kappa shape index (κ1) is 45.6. The fourth-order valence-electron chi connectivity index (χ4n) is 6.63. The molecule has 276 valence electrons. The molecule has 0 aliphatic carbocycles. The van der Waals surface area contributed by atoms with Gasteiger partial charge in [0.1, 0.15) is 6.54 Å². The van der Waals surface area contributed by atoms with Crippen LogP contribution in [0.2, 0.25) is 0 Å². The Hall–Kier alpha value is -0.420. The van der Waals surface area contributed by atoms with Crippen molar-refractivity contribution in [2.24, 2.45) is 11.7 Å². The number of ether oxygens (including phenoxy) is 2. The standard InChI is InChI=1S/C42H87N2O2/c1-7-9-11-13-15-16-17-18-19-20-21-22-23-25-30-34-38-46-42(43,39-44(4,5)6)40-45-37-33-29-26-24-28-32-36-41(3)35-31-27-14-12-10-8-2/h18-19,41H,7-17,20-40,43H2,1-6H3/q+1/b19-18-. The van der Waals surface area contributed by atoms with Gasteiger partial charge in [-0.15, -0.1) is 0 Å². The molecule has 4 heteroatoms. The third-order valence-electron chi connectivity index (χ3n) is 9.42. The van der Waals surface area contributed by atoms with Crippen molar-refractivity contribution in [3.05, 3.63) is 12.2 Å². The monoisotopic (exact) mass is 652 g/mol. The van der Waals surface area contributed by atoms with Crippen LogP contribution in [0.5, 0.6) is 0 Å². The van der Waals surface area contributed by atoms with Crippen LogP contribution < -0.4 is 5.73 Å². The number of nitrogens with zero attached hydrogens (tertiary/aromatic N) is 1. The van der Waals surface area contributed by atoms with Gasteiger partial charge in [-0.1, -0.05) is 174 Å². The smallest absolute Gasteiger partial charge is 0.189 e. The first-order valence-corrected chi connectivity index (χ1v) is 20.7. The Kier molecular flexibility index (Phi) is 32.8. The molecule has 0 aliphatic heterocycles. The van der Waals surface area contributed by atoms with Crippen LogP contribution in [0.1, 0.15) is 201 Å². The van der Waals surface area contributed by atoms with Crippen molar-refractivity contribution in [1.29, 1.82) is 0 Å². The fraction of sp³-hybridized carbons (Fsp3) is 0.952. The molecule has 0 amide bonds. The SMILES string of the molecule is CCCCCCCC/C=C\CCCCCCCCOC(N)(COCCCCCCCCC(C)CCCCCCCC)C[N+](C)(C)C. The highest BCUT2D eigenvalue weighted by Gasteiger charge is 2.33. The van der Waals surface area contributed by atoms with E-state index >= 15 is 0 Å². The van der Waals surface area contributed by atoms with E-state index in [9.17, 15) is 0 Å². The number of quaternary nitrogens is 1. The Morgan fingerprint density at radius 2 is 0.935 bits per heavy atom. The van der Waals surface area contributed by atoms with E-state index in [1.807, 2.05) is 0 Å². The van der Waals surface area contributed by atoms with Gasteiger partial charge in [0.2, 0.25) is 0 Å². The second kappa shape index (κ2) is 33.1. The van der Waals surface area contributed by atoms with Crippen LogP contribution in [0, 0.1) is 5.92 Å². The fourth-order valence-corrected chi connectivity index (χ4v) is 6.63. The molecule has 4 nitrogen and oxygen atoms in total. The van der Waals surface area contributed by atoms with Gasteiger partial charge in [0.05, 0.1) is 27.7 Å². The van der Waals surface area contributed by atoms with Crippen molar-refractivity contribution in [2.45, 2.75) is 206 Å². The molecule has 0 aliphatic rings. The molecule has 0 radical (unpaired) electrons. The minimum absolute atomic E-state index is 0.491. The van der Waals surface area contributed by atoms with Crippen LogP contribution in [0.4, 0.5) is 0 Å². The quantitative estimate of drug-likeness (QED) is 0.0315. The molecular formula is C42H87N2O2+. The molecule has 0 aromatic carbocycles. The number of hydrogen-bond donors (Lipinski definition) is 1. The summed E-state index contributed by atoms with van der Waals surface area (Å²) in [5, 5.41) is 0. The number of unbranched alkanes of at least 4 members (excludes halogenated alkanes) is 22. The second-order valence-corrected chi connectivity index (χ2v) is 15.9. The van der Waals surface area contributed by atoms with E-state index in [1.54, 1.807) is 0 Å². The number of likely N-dealkylation sites (N-methyl/N-ethyl adjacent to an activating group) is 1. The number of rotatable bonds is 37. The molecule has 0 aromatic rings. The summed E-state index contributed by atoms with van der Waals surface area (Å²) in [6.07, 6.45) is 42.6. The van der Waals surface area contributed by atoms with Crippen molar-refractivity contribution in [3.63, 3.8) is 0 Å². The van der Waals surface area contributed by atoms with Crippen LogP contribution in [0.15, 0.2) is 12.2 Å². The number of hydrogen-bond acceptors (Lipinski definition) is 3. The topological polar surface area (TPSA) is 44.5 Å². The van der Waals surface area contributed by atoms with Crippen LogP contribution in [0.25, 0.3) is 0 Å². The maximum Gasteiger partial charge on any atom is 0.189 e. The zero-order chi connectivity index (χ0) is 34.0. The van der Waals surface area contributed by atoms with Crippen LogP contribution >= 0.6 is 0 Å². The van der Waals surface area contributed by atoms with Crippen LogP contribution in [-0.2, 0) is 9.47 Å². The predicted octanol–water partition coefficient (Wildman–Crippen LogP) is 12.5. The van der Waals surface area contributed by atoms with Crippen molar-refractivity contribution < 1.29 is 14.0 Å². The normalized spacial score (nSPS) is 14.3. The number of allylic oxidation sites excluding steroid dienone is 2. The van der Waals surface area contributed by atoms with E-state index in [-0.39, 0.29) is 0 Å². The van der Waals surface area contributed by atoms with E-state index in [0.717, 1.165) is 43.0 Å². The molecule has 2 atom stereocenters. The average Bonchev–Trinajstić information content (AvgIpc) is 3.00. The van der Waals surface area contributed by atoms with Gasteiger partial charge in [-0.2, -0.15) is 0 Å². The van der Waals surface area contributed by atoms with Gasteiger partial charge in [0.15, 0.2) is 5.72 Å². The summed E-state index contributed by atoms with van der Waals surface area (Å²) in [6.45, 7) is 9.83. The minimum Gasteiger partial charge on any atom is -0.377 e. The van der Waals surface area contributed by atoms with Crippen molar-refractivity contribution in [1.82, 2.24) is 0 Å². The highest BCUT2D eigenvalue weighted by atomic mass is 16.6. The molecule has 0 heterocycles. The summed E-state index contributed by atoms with van der Waals surface area (Å²) in [5.74, 6) is 0.909. The molecule has 0 saturated carbocycles. The molecule has 0 bridgehead atoms. The summed E-state index contributed by atoms with van der Waals surface area (Å²) in [4.78, 5) is 0. The summed E-state index contributed by atoms with van der Waals surface area (Å²) >= 11 is 0. The molecule has 46 heavy (non-hydrogen) atoms. The first-order chi connectivity index (χ1) is 22.2. The first-order valence-electron chi connectivity index (χ1n) is 20.7. The summed E-state index contributed by atoms with van der Waals surface area (Å²) in [6, 6.07) is 0. The van der Waals surface area contributed by atoms with Crippen LogP contribution in [-0.4, -0.2) is 57.7 Å². The van der Waals surface area contributed by atoms with E-state index in [0.29, 0.717) is 6.61 Å². The lowest BCUT2D eigenvalue weighted by Gasteiger charge is -2.36. The Bertz CT molecular complexity index is 632. The Morgan fingerprint density at radius 1 is 0.543 bits per heavy atom. The maximum atomic E-state index is 6.76. The molecule has 2 unspecified atom stereocenters. The Morgan fingerprint density at radius 3 is 1.39 bits per heavy atom. The lowest BCUT2D eigenvalue weighted by atomic mass is 9.96. The van der Waals surface area contributed by atoms with Gasteiger partial charge in [-0.05, 0) is 44.4 Å². The summed E-state index contributed by atoms with van der Waals surface area (Å²) in [7, 11) is 6.55. The molecular weight excluding hydrogens is 564 g/mol. The highest BCUT2D eigenvalue weighted by Crippen LogP contribution is 2.19. The average molecular weight is 652 g/mol. The van der Waals surface area contributed by atoms with E-state index in [1.165, 1.54) is 167 Å². The van der Waals surface area contributed by atoms with E-state index in [4.69, 9.17) is 15.2 Å². The summed E-state index contributed by atoms with van der Waals surface area (Å²) < 4.78 is 13.2. The van der Waals surface area contributed by atoms with E-state index < -0.39 is 5.72 Å². The molecule has 0 rings (SSSR count). The molecule has 0 saturated heterocycles. The molecule has 0 aromatic heterocycles. The van der Waals surface area contributed by atoms with Crippen LogP contribution in [0.3, 0.4) is 0 Å². The van der Waals surface area contributed by atoms with Gasteiger partial charge >= 0.3 is 0 Å². The highest BCUT2D eigenvalue weighted by molar-refractivity contribution is 4.81. The Labute approximate surface area is 291 Å². The third kappa shape index (κ3) is 34.9. The molecule has 0 fully saturated rings. The minimum atomic E-state index is -0.702. The third-order valence-corrected chi connectivity index (χ3v) is 9.42. The lowest BCUT2D eigenvalue weighted by molar-refractivity contribution is -0.877. The van der Waals surface area contributed by atoms with Gasteiger partial charge in [0.25, 0.3) is 0 Å². The van der Waals surface area contributed by atoms with Gasteiger partial charge in [-0.25, -0.2) is 0 Å². The summed E-state index contributed by atoms with van der Waals surface area (Å²) in [5.41, 5.74) is 6.06. The van der Waals surface area contributed by atoms with Crippen molar-refractivity contribution in [2.75, 3.05) is 47.5 Å². The van der Waals surface area contributed by atoms with Crippen molar-refractivity contribution >= 4 is 0 Å². The second-order valence-electron chi connectivity index (χ2n) is 15.9. The zero-order valence-corrected chi connectivity index (χ0v) is 32.7. The van der Waals surface area contributed by atoms with Gasteiger partial charge in [0, 0.05) is 13.2 Å². The van der Waals surface area contributed by atoms with Gasteiger partial charge in [-0.3, -0.25) is 5.73 Å². The molecule has 0 spiro atoms. The number of nitrogens with two attached hydrogens (primary N) is 1. The Balaban J connectivity index is 3.79. The zero-order valence-electron chi connectivity index (χ0n) is 32.7. The predicted molar refractivity (Wildman–Crippen MR) is 206 cm³/mol. The maximum absolute atomic E-state index is 6.76. The van der Waals surface area contributed by atoms with Crippen molar-refractivity contribution in [3.8, 4) is 0 Å². The molecule has 2 N–H and O–H groups in total.